The van der Waals surface area contributed by atoms with Crippen molar-refractivity contribution in [2.24, 2.45) is 5.92 Å². The van der Waals surface area contributed by atoms with E-state index in [2.05, 4.69) is 0 Å². The van der Waals surface area contributed by atoms with Crippen molar-refractivity contribution < 1.29 is 13.9 Å². The van der Waals surface area contributed by atoms with E-state index in [1.807, 2.05) is 0 Å². The lowest BCUT2D eigenvalue weighted by Crippen LogP contribution is -2.02. The first-order valence-electron chi connectivity index (χ1n) is 5.60. The van der Waals surface area contributed by atoms with Crippen LogP contribution in [0.15, 0.2) is 18.2 Å². The predicted molar refractivity (Wildman–Crippen MR) is 59.2 cm³/mol. The van der Waals surface area contributed by atoms with Crippen LogP contribution in [0, 0.1) is 11.7 Å². The molecule has 0 radical (unpaired) electrons. The quantitative estimate of drug-likeness (QED) is 0.715. The zero-order valence-corrected chi connectivity index (χ0v) is 9.33. The Hall–Kier alpha value is -1.38. The first kappa shape index (κ1) is 11.1. The van der Waals surface area contributed by atoms with Gasteiger partial charge in [0, 0.05) is 5.56 Å². The maximum atomic E-state index is 13.3. The third-order valence-electron chi connectivity index (χ3n) is 2.82. The fraction of sp³-hybridized carbons (Fsp3) is 0.462. The molecular formula is C13H15FO2. The van der Waals surface area contributed by atoms with Gasteiger partial charge in [0.15, 0.2) is 17.3 Å². The summed E-state index contributed by atoms with van der Waals surface area (Å²) in [4.78, 5) is 11.1. The summed E-state index contributed by atoms with van der Waals surface area (Å²) in [6, 6.07) is 4.24. The van der Waals surface area contributed by atoms with Gasteiger partial charge in [-0.1, -0.05) is 12.8 Å². The van der Waals surface area contributed by atoms with E-state index >= 15 is 0 Å². The number of carbonyl (C=O) groups is 1. The molecule has 0 amide bonds. The minimum Gasteiger partial charge on any atom is -0.490 e. The average Bonchev–Trinajstić information content (AvgIpc) is 3.04. The number of hydrogen-bond donors (Lipinski definition) is 0. The smallest absolute Gasteiger partial charge is 0.165 e. The van der Waals surface area contributed by atoms with Gasteiger partial charge in [-0.05, 0) is 37.5 Å². The van der Waals surface area contributed by atoms with Crippen LogP contribution in [0.25, 0.3) is 0 Å². The number of hydrogen-bond acceptors (Lipinski definition) is 2. The van der Waals surface area contributed by atoms with Gasteiger partial charge in [-0.15, -0.1) is 0 Å². The van der Waals surface area contributed by atoms with E-state index in [0.717, 1.165) is 12.3 Å². The van der Waals surface area contributed by atoms with Gasteiger partial charge < -0.3 is 4.74 Å². The molecule has 0 heterocycles. The SMILES string of the molecule is CC(=O)c1ccc(F)c(OCCC2CC2)c1. The van der Waals surface area contributed by atoms with Crippen LogP contribution in [0.1, 0.15) is 36.5 Å². The molecule has 1 aromatic carbocycles. The fourth-order valence-corrected chi connectivity index (χ4v) is 1.58. The molecule has 0 bridgehead atoms. The second kappa shape index (κ2) is 4.64. The van der Waals surface area contributed by atoms with Crippen LogP contribution in [-0.2, 0) is 0 Å². The van der Waals surface area contributed by atoms with Crippen LogP contribution >= 0.6 is 0 Å². The minimum atomic E-state index is -0.402. The van der Waals surface area contributed by atoms with Gasteiger partial charge in [0.25, 0.3) is 0 Å². The molecule has 0 saturated heterocycles. The predicted octanol–water partition coefficient (Wildman–Crippen LogP) is 3.21. The summed E-state index contributed by atoms with van der Waals surface area (Å²) in [7, 11) is 0. The molecule has 16 heavy (non-hydrogen) atoms. The number of Topliss-reactive ketones (excluding diaryl/α,β-unsaturated/α-hetero) is 1. The molecule has 0 N–H and O–H groups in total. The highest BCUT2D eigenvalue weighted by Crippen LogP contribution is 2.32. The molecule has 0 aliphatic heterocycles. The normalized spacial score (nSPS) is 14.9. The fourth-order valence-electron chi connectivity index (χ4n) is 1.58. The van der Waals surface area contributed by atoms with E-state index in [9.17, 15) is 9.18 Å². The van der Waals surface area contributed by atoms with Crippen molar-refractivity contribution in [3.63, 3.8) is 0 Å². The number of rotatable bonds is 5. The molecule has 2 rings (SSSR count). The topological polar surface area (TPSA) is 26.3 Å². The summed E-state index contributed by atoms with van der Waals surface area (Å²) in [6.07, 6.45) is 3.50. The number of carbonyl (C=O) groups excluding carboxylic acids is 1. The molecule has 1 aromatic rings. The van der Waals surface area contributed by atoms with Gasteiger partial charge in [-0.25, -0.2) is 4.39 Å². The highest BCUT2D eigenvalue weighted by Gasteiger charge is 2.21. The standard InChI is InChI=1S/C13H15FO2/c1-9(15)11-4-5-12(14)13(8-11)16-7-6-10-2-3-10/h4-5,8,10H,2-3,6-7H2,1H3. The Morgan fingerprint density at radius 1 is 1.50 bits per heavy atom. The summed E-state index contributed by atoms with van der Waals surface area (Å²) >= 11 is 0. The molecule has 86 valence electrons. The van der Waals surface area contributed by atoms with Crippen LogP contribution in [0.2, 0.25) is 0 Å². The maximum absolute atomic E-state index is 13.3. The zero-order valence-electron chi connectivity index (χ0n) is 9.33. The van der Waals surface area contributed by atoms with Gasteiger partial charge in [0.05, 0.1) is 6.61 Å². The Morgan fingerprint density at radius 3 is 2.88 bits per heavy atom. The Labute approximate surface area is 94.4 Å². The van der Waals surface area contributed by atoms with E-state index in [1.54, 1.807) is 0 Å². The van der Waals surface area contributed by atoms with E-state index in [4.69, 9.17) is 4.74 Å². The monoisotopic (exact) mass is 222 g/mol. The second-order valence-electron chi connectivity index (χ2n) is 4.28. The summed E-state index contributed by atoms with van der Waals surface area (Å²) in [5.41, 5.74) is 0.489. The molecule has 0 aromatic heterocycles. The average molecular weight is 222 g/mol. The van der Waals surface area contributed by atoms with Crippen molar-refractivity contribution in [2.45, 2.75) is 26.2 Å². The molecule has 0 unspecified atom stereocenters. The van der Waals surface area contributed by atoms with E-state index in [-0.39, 0.29) is 11.5 Å². The molecule has 1 fully saturated rings. The van der Waals surface area contributed by atoms with Crippen LogP contribution < -0.4 is 4.74 Å². The Balaban J connectivity index is 1.99. The van der Waals surface area contributed by atoms with Crippen molar-refractivity contribution >= 4 is 5.78 Å². The maximum Gasteiger partial charge on any atom is 0.165 e. The second-order valence-corrected chi connectivity index (χ2v) is 4.28. The van der Waals surface area contributed by atoms with Crippen molar-refractivity contribution in [1.82, 2.24) is 0 Å². The Kier molecular flexibility index (Phi) is 3.22. The number of halogens is 1. The molecule has 1 aliphatic rings. The highest BCUT2D eigenvalue weighted by atomic mass is 19.1. The van der Waals surface area contributed by atoms with Crippen molar-refractivity contribution in [3.8, 4) is 5.75 Å². The van der Waals surface area contributed by atoms with Gasteiger partial charge in [-0.3, -0.25) is 4.79 Å². The van der Waals surface area contributed by atoms with E-state index < -0.39 is 5.82 Å². The molecule has 2 nitrogen and oxygen atoms in total. The van der Waals surface area contributed by atoms with Crippen LogP contribution in [-0.4, -0.2) is 12.4 Å². The summed E-state index contributed by atoms with van der Waals surface area (Å²) in [6.45, 7) is 1.99. The first-order valence-corrected chi connectivity index (χ1v) is 5.60. The zero-order chi connectivity index (χ0) is 11.5. The van der Waals surface area contributed by atoms with Crippen molar-refractivity contribution in [1.29, 1.82) is 0 Å². The lowest BCUT2D eigenvalue weighted by molar-refractivity contribution is 0.101. The van der Waals surface area contributed by atoms with E-state index in [0.29, 0.717) is 12.2 Å². The highest BCUT2D eigenvalue weighted by molar-refractivity contribution is 5.94. The third-order valence-corrected chi connectivity index (χ3v) is 2.82. The van der Waals surface area contributed by atoms with Crippen LogP contribution in [0.4, 0.5) is 4.39 Å². The third kappa shape index (κ3) is 2.81. The van der Waals surface area contributed by atoms with Gasteiger partial charge in [-0.2, -0.15) is 0 Å². The van der Waals surface area contributed by atoms with Crippen LogP contribution in [0.3, 0.4) is 0 Å². The summed E-state index contributed by atoms with van der Waals surface area (Å²) < 4.78 is 18.7. The number of benzene rings is 1. The van der Waals surface area contributed by atoms with Crippen molar-refractivity contribution in [2.75, 3.05) is 6.61 Å². The molecule has 1 aliphatic carbocycles. The van der Waals surface area contributed by atoms with Crippen molar-refractivity contribution in [3.05, 3.63) is 29.6 Å². The molecular weight excluding hydrogens is 207 g/mol. The molecule has 1 saturated carbocycles. The van der Waals surface area contributed by atoms with Gasteiger partial charge in [0.2, 0.25) is 0 Å². The molecule has 0 atom stereocenters. The minimum absolute atomic E-state index is 0.0768. The van der Waals surface area contributed by atoms with Gasteiger partial charge >= 0.3 is 0 Å². The van der Waals surface area contributed by atoms with Crippen LogP contribution in [0.5, 0.6) is 5.75 Å². The van der Waals surface area contributed by atoms with E-state index in [1.165, 1.54) is 38.0 Å². The lowest BCUT2D eigenvalue weighted by Gasteiger charge is -2.07. The lowest BCUT2D eigenvalue weighted by atomic mass is 10.1. The summed E-state index contributed by atoms with van der Waals surface area (Å²) in [5, 5.41) is 0. The Morgan fingerprint density at radius 2 is 2.25 bits per heavy atom. The molecule has 0 spiro atoms. The summed E-state index contributed by atoms with van der Waals surface area (Å²) in [5.74, 6) is 0.472. The number of ketones is 1. The van der Waals surface area contributed by atoms with Gasteiger partial charge in [0.1, 0.15) is 0 Å². The Bertz CT molecular complexity index is 397. The number of ether oxygens (including phenoxy) is 1. The molecule has 3 heteroatoms. The first-order chi connectivity index (χ1) is 7.66. The largest absolute Gasteiger partial charge is 0.490 e.